The molecule has 1 N–H and O–H groups in total. The average molecular weight is 338 g/mol. The van der Waals surface area contributed by atoms with Gasteiger partial charge in [0.05, 0.1) is 17.9 Å². The summed E-state index contributed by atoms with van der Waals surface area (Å²) in [5, 5.41) is 4.39. The number of amides is 1. The van der Waals surface area contributed by atoms with Crippen LogP contribution in [0, 0.1) is 0 Å². The van der Waals surface area contributed by atoms with Gasteiger partial charge in [-0.25, -0.2) is 5.43 Å². The van der Waals surface area contributed by atoms with E-state index in [4.69, 9.17) is 4.74 Å². The van der Waals surface area contributed by atoms with Gasteiger partial charge in [0.1, 0.15) is 5.75 Å². The molecule has 1 amide bonds. The molecule has 132 valence electrons. The number of carbonyl (C=O) groups excluding carboxylic acids is 1. The lowest BCUT2D eigenvalue weighted by molar-refractivity contribution is 0.0950. The number of hydrogen-bond acceptors (Lipinski definition) is 3. The average Bonchev–Trinajstić information content (AvgIpc) is 2.67. The normalized spacial score (nSPS) is 11.2. The van der Waals surface area contributed by atoms with Crippen molar-refractivity contribution in [1.82, 2.24) is 5.43 Å². The molecule has 0 aliphatic rings. The van der Waals surface area contributed by atoms with Crippen LogP contribution in [0.3, 0.4) is 0 Å². The van der Waals surface area contributed by atoms with Crippen LogP contribution in [0.5, 0.6) is 5.75 Å². The fraction of sp³-hybridized carbons (Fsp3) is 0.333. The molecule has 0 aromatic heterocycles. The molecule has 0 aliphatic carbocycles. The summed E-state index contributed by atoms with van der Waals surface area (Å²) in [7, 11) is 0. The third kappa shape index (κ3) is 5.75. The van der Waals surface area contributed by atoms with E-state index in [-0.39, 0.29) is 5.91 Å². The Kier molecular flexibility index (Phi) is 7.70. The quantitative estimate of drug-likeness (QED) is 0.527. The number of ether oxygens (including phenoxy) is 1. The Morgan fingerprint density at radius 3 is 2.44 bits per heavy atom. The SMILES string of the molecule is CCCCC(=NNC(=O)c1ccccc1OCCC)c1ccccc1. The first-order valence-electron chi connectivity index (χ1n) is 8.90. The molecule has 0 bridgehead atoms. The van der Waals surface area contributed by atoms with E-state index < -0.39 is 0 Å². The number of rotatable bonds is 9. The van der Waals surface area contributed by atoms with E-state index in [0.29, 0.717) is 17.9 Å². The fourth-order valence-corrected chi connectivity index (χ4v) is 2.41. The summed E-state index contributed by atoms with van der Waals surface area (Å²) >= 11 is 0. The minimum Gasteiger partial charge on any atom is -0.493 e. The molecule has 0 unspecified atom stereocenters. The summed E-state index contributed by atoms with van der Waals surface area (Å²) in [5.74, 6) is 0.337. The number of nitrogens with one attached hydrogen (secondary N) is 1. The maximum absolute atomic E-state index is 12.5. The van der Waals surface area contributed by atoms with E-state index in [1.165, 1.54) is 0 Å². The second-order valence-electron chi connectivity index (χ2n) is 5.81. The molecule has 4 nitrogen and oxygen atoms in total. The summed E-state index contributed by atoms with van der Waals surface area (Å²) in [6.45, 7) is 4.76. The van der Waals surface area contributed by atoms with Crippen LogP contribution in [0.4, 0.5) is 0 Å². The van der Waals surface area contributed by atoms with Crippen LogP contribution in [0.15, 0.2) is 59.7 Å². The molecule has 0 fully saturated rings. The first-order valence-corrected chi connectivity index (χ1v) is 8.90. The molecule has 0 heterocycles. The van der Waals surface area contributed by atoms with Crippen LogP contribution in [0.1, 0.15) is 55.5 Å². The molecule has 4 heteroatoms. The van der Waals surface area contributed by atoms with Gasteiger partial charge < -0.3 is 4.74 Å². The zero-order chi connectivity index (χ0) is 17.9. The third-order valence-corrected chi connectivity index (χ3v) is 3.76. The van der Waals surface area contributed by atoms with Gasteiger partial charge >= 0.3 is 0 Å². The number of hydrazone groups is 1. The monoisotopic (exact) mass is 338 g/mol. The molecule has 2 rings (SSSR count). The van der Waals surface area contributed by atoms with Gasteiger partial charge in [0.15, 0.2) is 0 Å². The molecule has 0 saturated carbocycles. The zero-order valence-electron chi connectivity index (χ0n) is 15.0. The number of benzene rings is 2. The first-order chi connectivity index (χ1) is 12.3. The molecule has 0 atom stereocenters. The summed E-state index contributed by atoms with van der Waals surface area (Å²) in [6, 6.07) is 17.2. The van der Waals surface area contributed by atoms with Crippen molar-refractivity contribution in [2.75, 3.05) is 6.61 Å². The highest BCUT2D eigenvalue weighted by molar-refractivity contribution is 6.02. The van der Waals surface area contributed by atoms with Gasteiger partial charge in [-0.2, -0.15) is 5.10 Å². The van der Waals surface area contributed by atoms with Crippen molar-refractivity contribution >= 4 is 11.6 Å². The van der Waals surface area contributed by atoms with Crippen molar-refractivity contribution in [1.29, 1.82) is 0 Å². The van der Waals surface area contributed by atoms with E-state index in [1.54, 1.807) is 6.07 Å². The number of carbonyl (C=O) groups is 1. The number of para-hydroxylation sites is 1. The van der Waals surface area contributed by atoms with Crippen molar-refractivity contribution in [2.45, 2.75) is 39.5 Å². The Labute approximate surface area is 149 Å². The molecule has 25 heavy (non-hydrogen) atoms. The van der Waals surface area contributed by atoms with Gasteiger partial charge in [-0.15, -0.1) is 0 Å². The second-order valence-corrected chi connectivity index (χ2v) is 5.81. The Morgan fingerprint density at radius 1 is 1.00 bits per heavy atom. The minimum absolute atomic E-state index is 0.253. The Bertz CT molecular complexity index is 696. The summed E-state index contributed by atoms with van der Waals surface area (Å²) in [4.78, 5) is 12.5. The van der Waals surface area contributed by atoms with Crippen LogP contribution < -0.4 is 10.2 Å². The third-order valence-electron chi connectivity index (χ3n) is 3.76. The zero-order valence-corrected chi connectivity index (χ0v) is 15.0. The summed E-state index contributed by atoms with van der Waals surface area (Å²) < 4.78 is 5.65. The van der Waals surface area contributed by atoms with Crippen LogP contribution >= 0.6 is 0 Å². The molecule has 0 aliphatic heterocycles. The second kappa shape index (κ2) is 10.3. The Balaban J connectivity index is 2.15. The molecule has 0 saturated heterocycles. The van der Waals surface area contributed by atoms with E-state index >= 15 is 0 Å². The minimum atomic E-state index is -0.253. The van der Waals surface area contributed by atoms with Crippen molar-refractivity contribution in [2.24, 2.45) is 5.10 Å². The number of nitrogens with zero attached hydrogens (tertiary/aromatic N) is 1. The van der Waals surface area contributed by atoms with Crippen molar-refractivity contribution in [3.8, 4) is 5.75 Å². The van der Waals surface area contributed by atoms with Crippen LogP contribution in [-0.2, 0) is 0 Å². The lowest BCUT2D eigenvalue weighted by Crippen LogP contribution is -2.21. The smallest absolute Gasteiger partial charge is 0.275 e. The van der Waals surface area contributed by atoms with Crippen LogP contribution in [0.2, 0.25) is 0 Å². The Morgan fingerprint density at radius 2 is 1.72 bits per heavy atom. The highest BCUT2D eigenvalue weighted by atomic mass is 16.5. The Hall–Kier alpha value is -2.62. The van der Waals surface area contributed by atoms with Crippen molar-refractivity contribution in [3.63, 3.8) is 0 Å². The van der Waals surface area contributed by atoms with E-state index in [2.05, 4.69) is 17.5 Å². The van der Waals surface area contributed by atoms with Crippen molar-refractivity contribution < 1.29 is 9.53 Å². The predicted molar refractivity (Wildman–Crippen MR) is 102 cm³/mol. The van der Waals surface area contributed by atoms with E-state index in [0.717, 1.165) is 37.0 Å². The first kappa shape index (κ1) is 18.7. The lowest BCUT2D eigenvalue weighted by Gasteiger charge is -2.10. The van der Waals surface area contributed by atoms with Crippen LogP contribution in [-0.4, -0.2) is 18.2 Å². The van der Waals surface area contributed by atoms with Gasteiger partial charge in [-0.05, 0) is 37.0 Å². The largest absolute Gasteiger partial charge is 0.493 e. The molecule has 2 aromatic rings. The van der Waals surface area contributed by atoms with Crippen LogP contribution in [0.25, 0.3) is 0 Å². The van der Waals surface area contributed by atoms with Gasteiger partial charge in [-0.3, -0.25) is 4.79 Å². The van der Waals surface area contributed by atoms with Gasteiger partial charge in [0.2, 0.25) is 0 Å². The maximum atomic E-state index is 12.5. The summed E-state index contributed by atoms with van der Waals surface area (Å²) in [5.41, 5.74) is 5.12. The highest BCUT2D eigenvalue weighted by Gasteiger charge is 2.12. The summed E-state index contributed by atoms with van der Waals surface area (Å²) in [6.07, 6.45) is 3.82. The standard InChI is InChI=1S/C21H26N2O2/c1-3-5-14-19(17-11-7-6-8-12-17)22-23-21(24)18-13-9-10-15-20(18)25-16-4-2/h6-13,15H,3-5,14,16H2,1-2H3,(H,23,24). The molecule has 0 spiro atoms. The predicted octanol–water partition coefficient (Wildman–Crippen LogP) is 4.80. The fourth-order valence-electron chi connectivity index (χ4n) is 2.41. The van der Waals surface area contributed by atoms with Gasteiger partial charge in [0.25, 0.3) is 5.91 Å². The molecule has 2 aromatic carbocycles. The van der Waals surface area contributed by atoms with E-state index in [9.17, 15) is 4.79 Å². The van der Waals surface area contributed by atoms with E-state index in [1.807, 2.05) is 55.5 Å². The molecule has 0 radical (unpaired) electrons. The number of hydrogen-bond donors (Lipinski definition) is 1. The molecular formula is C21H26N2O2. The lowest BCUT2D eigenvalue weighted by atomic mass is 10.1. The molecular weight excluding hydrogens is 312 g/mol. The number of unbranched alkanes of at least 4 members (excludes halogenated alkanes) is 1. The highest BCUT2D eigenvalue weighted by Crippen LogP contribution is 2.18. The maximum Gasteiger partial charge on any atom is 0.275 e. The van der Waals surface area contributed by atoms with Crippen molar-refractivity contribution in [3.05, 3.63) is 65.7 Å². The van der Waals surface area contributed by atoms with Gasteiger partial charge in [-0.1, -0.05) is 62.7 Å². The van der Waals surface area contributed by atoms with Gasteiger partial charge in [0, 0.05) is 0 Å². The topological polar surface area (TPSA) is 50.7 Å².